The third-order valence-corrected chi connectivity index (χ3v) is 20.3. The van der Waals surface area contributed by atoms with Gasteiger partial charge in [0.25, 0.3) is 34.4 Å². The quantitative estimate of drug-likeness (QED) is 0.0433. The van der Waals surface area contributed by atoms with Crippen LogP contribution in [-0.2, 0) is 63.0 Å². The van der Waals surface area contributed by atoms with E-state index in [1.165, 1.54) is 72.3 Å². The van der Waals surface area contributed by atoms with Gasteiger partial charge in [-0.2, -0.15) is 0 Å². The predicted molar refractivity (Wildman–Crippen MR) is 434 cm³/mol. The van der Waals surface area contributed by atoms with Crippen molar-refractivity contribution in [3.05, 3.63) is 253 Å². The van der Waals surface area contributed by atoms with Crippen LogP contribution in [-0.4, -0.2) is 175 Å². The van der Waals surface area contributed by atoms with Gasteiger partial charge in [-0.3, -0.25) is 56.9 Å². The molecule has 0 radical (unpaired) electrons. The maximum atomic E-state index is 14.0. The van der Waals surface area contributed by atoms with E-state index in [1.54, 1.807) is 91.0 Å². The van der Waals surface area contributed by atoms with Gasteiger partial charge in [-0.05, 0) is 142 Å². The van der Waals surface area contributed by atoms with Crippen molar-refractivity contribution in [1.29, 1.82) is 0 Å². The molecule has 11 aromatic rings. The summed E-state index contributed by atoms with van der Waals surface area (Å²) >= 11 is 24.0. The second-order valence-electron chi connectivity index (χ2n) is 29.7. The molecular formula is C79H71BBr2Cl3F5N16O11. The molecule has 4 saturated heterocycles. The lowest BCUT2D eigenvalue weighted by atomic mass is 9.76. The molecule has 0 saturated carbocycles. The Hall–Kier alpha value is -10.8. The molecule has 117 heavy (non-hydrogen) atoms. The van der Waals surface area contributed by atoms with Crippen LogP contribution in [0.2, 0.25) is 15.1 Å². The number of carbonyl (C=O) groups excluding carboxylic acids is 6. The van der Waals surface area contributed by atoms with Gasteiger partial charge in [0.1, 0.15) is 70.3 Å². The zero-order chi connectivity index (χ0) is 84.0. The lowest BCUT2D eigenvalue weighted by Gasteiger charge is -2.42. The number of nitrogens with one attached hydrogen (secondary N) is 3. The molecule has 0 spiro atoms. The standard InChI is InChI=1S/C27H29BClFN4O5.C26H21ClF2N6O3.C22H19BrClFN4O3.C4H2BrFN2/c1-26(2)15-38-28(39-16-26)19-8-18-9-21(24(36)32-10-17-4-6-20(29)7-5-17)25(37)34(23(18)31-11-19)12-22(35)33-13-27(3,30)14-33;1-26(29)13-34(14-26)21(36)12-35-23-16(6-17(9-32-23)22-30-10-19(28)11-31-22)7-20(25(35)38)24(37)33-8-15-2-4-18(27)5-3-15;1-22(25)11-28(12-22)18(30)10-29-19-14(6-15(23)9-26-19)7-17(21(29)32)20(31)27-8-13-2-4-16(24)5-3-13;5-4-7-1-3(6)2-8-4/h4-9,11H,10,12-16H2,1-3H3,(H,32,36);2-7,9-11H,8,12-14H2,1H3,(H,33,37);2-7,9H,8,10-12H2,1H3,(H,27,31);1-2H. The van der Waals surface area contributed by atoms with Crippen molar-refractivity contribution in [3.63, 3.8) is 0 Å². The number of hydrogen-bond donors (Lipinski definition) is 3. The fourth-order valence-electron chi connectivity index (χ4n) is 12.7. The van der Waals surface area contributed by atoms with Crippen molar-refractivity contribution in [2.24, 2.45) is 5.41 Å². The van der Waals surface area contributed by atoms with Gasteiger partial charge in [-0.15, -0.1) is 0 Å². The van der Waals surface area contributed by atoms with Crippen molar-refractivity contribution in [2.45, 2.75) is 90.9 Å². The molecule has 4 aliphatic rings. The molecule has 38 heteroatoms. The highest BCUT2D eigenvalue weighted by molar-refractivity contribution is 9.10. The molecule has 6 amide bonds. The van der Waals surface area contributed by atoms with Gasteiger partial charge >= 0.3 is 7.12 Å². The summed E-state index contributed by atoms with van der Waals surface area (Å²) in [7, 11) is -0.651. The Morgan fingerprint density at radius 3 is 1.12 bits per heavy atom. The number of nitrogens with zero attached hydrogens (tertiary/aromatic N) is 13. The molecule has 12 heterocycles. The molecule has 3 aromatic carbocycles. The molecule has 0 bridgehead atoms. The van der Waals surface area contributed by atoms with Crippen LogP contribution < -0.4 is 38.1 Å². The van der Waals surface area contributed by atoms with Crippen LogP contribution in [0.4, 0.5) is 22.0 Å². The lowest BCUT2D eigenvalue weighted by molar-refractivity contribution is -0.145. The van der Waals surface area contributed by atoms with E-state index in [4.69, 9.17) is 44.1 Å². The van der Waals surface area contributed by atoms with Crippen LogP contribution in [0.5, 0.6) is 0 Å². The first-order valence-corrected chi connectivity index (χ1v) is 38.7. The molecule has 0 unspecified atom stereocenters. The molecule has 606 valence electrons. The van der Waals surface area contributed by atoms with E-state index in [0.717, 1.165) is 55.2 Å². The van der Waals surface area contributed by atoms with Crippen LogP contribution in [0.25, 0.3) is 44.5 Å². The summed E-state index contributed by atoms with van der Waals surface area (Å²) in [5.41, 5.74) is -2.91. The normalized spacial score (nSPS) is 15.3. The Labute approximate surface area is 695 Å². The summed E-state index contributed by atoms with van der Waals surface area (Å²) in [5.74, 6) is -3.99. The largest absolute Gasteiger partial charge is 0.495 e. The number of benzene rings is 3. The predicted octanol–water partition coefficient (Wildman–Crippen LogP) is 10.2. The van der Waals surface area contributed by atoms with E-state index in [1.807, 2.05) is 13.8 Å². The zero-order valence-electron chi connectivity index (χ0n) is 63.0. The van der Waals surface area contributed by atoms with Gasteiger partial charge in [0.15, 0.2) is 22.2 Å². The number of aromatic nitrogens is 10. The summed E-state index contributed by atoms with van der Waals surface area (Å²) in [6.07, 6.45) is 8.63. The highest BCUT2D eigenvalue weighted by Crippen LogP contribution is 2.30. The third kappa shape index (κ3) is 21.7. The Bertz CT molecular complexity index is 5790. The monoisotopic (exact) mass is 1790 g/mol. The fourth-order valence-corrected chi connectivity index (χ4v) is 13.7. The molecular weight excluding hydrogens is 1720 g/mol. The zero-order valence-corrected chi connectivity index (χ0v) is 68.4. The summed E-state index contributed by atoms with van der Waals surface area (Å²) in [4.78, 5) is 149. The van der Waals surface area contributed by atoms with E-state index in [0.29, 0.717) is 64.7 Å². The number of fused-ring (bicyclic) bond motifs is 3. The highest BCUT2D eigenvalue weighted by atomic mass is 79.9. The first-order chi connectivity index (χ1) is 55.4. The Morgan fingerprint density at radius 1 is 0.444 bits per heavy atom. The average molecular weight is 1790 g/mol. The van der Waals surface area contributed by atoms with E-state index in [9.17, 15) is 65.1 Å². The summed E-state index contributed by atoms with van der Waals surface area (Å²) < 4.78 is 83.3. The van der Waals surface area contributed by atoms with Crippen LogP contribution in [0, 0.1) is 17.0 Å². The average Bonchev–Trinajstić information content (AvgIpc) is 0.769. The van der Waals surface area contributed by atoms with Crippen molar-refractivity contribution < 1.29 is 60.0 Å². The second-order valence-corrected chi connectivity index (χ2v) is 32.6. The number of pyridine rings is 6. The maximum Gasteiger partial charge on any atom is 0.495 e. The van der Waals surface area contributed by atoms with Crippen LogP contribution >= 0.6 is 66.7 Å². The molecule has 0 aliphatic carbocycles. The van der Waals surface area contributed by atoms with Gasteiger partial charge < -0.3 is 40.0 Å². The topological polar surface area (TPSA) is 323 Å². The van der Waals surface area contributed by atoms with Gasteiger partial charge in [-0.1, -0.05) is 85.0 Å². The first kappa shape index (κ1) is 85.6. The summed E-state index contributed by atoms with van der Waals surface area (Å²) in [6, 6.07) is 30.1. The molecule has 15 rings (SSSR count). The Morgan fingerprint density at radius 2 is 0.769 bits per heavy atom. The third-order valence-electron chi connectivity index (χ3n) is 18.7. The molecule has 27 nitrogen and oxygen atoms in total. The Kier molecular flexibility index (Phi) is 26.3. The molecule has 8 aromatic heterocycles. The molecule has 4 fully saturated rings. The summed E-state index contributed by atoms with van der Waals surface area (Å²) in [6.45, 7) is 8.34. The van der Waals surface area contributed by atoms with Crippen molar-refractivity contribution >= 4 is 148 Å². The minimum Gasteiger partial charge on any atom is -0.407 e. The SMILES string of the molecule is CC1(C)COB(c2cnc3c(c2)cc(C(=O)NCc2ccc(Cl)cc2)c(=O)n3CC(=O)N2CC(C)(F)C2)OC1.CC1(F)CN(C(=O)Cn2c(=O)c(C(=O)NCc3ccc(Cl)cc3)cc3cc(-c4ncc(F)cn4)cnc32)C1.CC1(F)CN(C(=O)Cn2c(=O)c(C(=O)NCc3ccc(Cl)cc3)cc3cc(Br)cnc32)C1.Fc1cnc(Br)nc1. The number of amides is 6. The van der Waals surface area contributed by atoms with Crippen LogP contribution in [0.1, 0.15) is 82.4 Å². The van der Waals surface area contributed by atoms with Crippen molar-refractivity contribution in [3.8, 4) is 11.4 Å². The van der Waals surface area contributed by atoms with Gasteiger partial charge in [0.2, 0.25) is 17.7 Å². The van der Waals surface area contributed by atoms with E-state index >= 15 is 0 Å². The Balaban J connectivity index is 0.000000154. The van der Waals surface area contributed by atoms with E-state index in [2.05, 4.69) is 82.7 Å². The van der Waals surface area contributed by atoms with Crippen molar-refractivity contribution in [2.75, 3.05) is 52.5 Å². The van der Waals surface area contributed by atoms with Gasteiger partial charge in [-0.25, -0.2) is 56.8 Å². The van der Waals surface area contributed by atoms with Gasteiger partial charge in [0, 0.05) is 104 Å². The van der Waals surface area contributed by atoms with E-state index < -0.39 is 94.4 Å². The minimum absolute atomic E-state index is 0.0290. The maximum absolute atomic E-state index is 14.0. The number of alkyl halides is 3. The first-order valence-electron chi connectivity index (χ1n) is 36.0. The smallest absolute Gasteiger partial charge is 0.407 e. The fraction of sp³-hybridized carbons (Fsp3) is 0.291. The van der Waals surface area contributed by atoms with Crippen LogP contribution in [0.3, 0.4) is 0 Å². The summed E-state index contributed by atoms with van der Waals surface area (Å²) in [5, 5.41) is 11.2. The van der Waals surface area contributed by atoms with E-state index in [-0.39, 0.29) is 117 Å². The number of halogens is 10. The second kappa shape index (κ2) is 36.0. The van der Waals surface area contributed by atoms with Crippen molar-refractivity contribution in [1.82, 2.24) is 79.2 Å². The molecule has 4 aliphatic heterocycles. The van der Waals surface area contributed by atoms with Crippen LogP contribution in [0.15, 0.2) is 176 Å². The minimum atomic E-state index is -1.48. The number of hydrogen-bond acceptors (Lipinski definition) is 18. The molecule has 0 atom stereocenters. The number of carbonyl (C=O) groups is 6. The number of likely N-dealkylation sites (tertiary alicyclic amines) is 3. The van der Waals surface area contributed by atoms with Gasteiger partial charge in [0.05, 0.1) is 64.1 Å². The highest BCUT2D eigenvalue weighted by Gasteiger charge is 2.44. The molecule has 3 N–H and O–H groups in total. The number of rotatable bonds is 17. The lowest BCUT2D eigenvalue weighted by Crippen LogP contribution is -2.60.